The summed E-state index contributed by atoms with van der Waals surface area (Å²) in [6.45, 7) is 5.25. The van der Waals surface area contributed by atoms with Crippen LogP contribution in [0.4, 0.5) is 11.6 Å². The second kappa shape index (κ2) is 7.72. The van der Waals surface area contributed by atoms with Gasteiger partial charge in [0.05, 0.1) is 23.5 Å². The molecule has 10 heteroatoms. The molecule has 2 aliphatic heterocycles. The number of rotatable bonds is 0. The van der Waals surface area contributed by atoms with Crippen molar-refractivity contribution in [3.63, 3.8) is 0 Å². The Bertz CT molecular complexity index is 814. The molecule has 4 rings (SSSR count). The highest BCUT2D eigenvalue weighted by molar-refractivity contribution is 5.96. The third kappa shape index (κ3) is 3.78. The number of aromatic nitrogens is 4. The first-order valence-corrected chi connectivity index (χ1v) is 9.34. The van der Waals surface area contributed by atoms with Crippen molar-refractivity contribution in [1.82, 2.24) is 19.6 Å². The van der Waals surface area contributed by atoms with E-state index in [1.54, 1.807) is 23.9 Å². The molecular weight excluding hydrogens is 360 g/mol. The van der Waals surface area contributed by atoms with Gasteiger partial charge in [-0.25, -0.2) is 9.36 Å². The highest BCUT2D eigenvalue weighted by Crippen LogP contribution is 2.20. The fraction of sp³-hybridized carbons (Fsp3) is 0.556. The molecule has 2 atom stereocenters. The van der Waals surface area contributed by atoms with Gasteiger partial charge in [0.15, 0.2) is 0 Å². The van der Waals surface area contributed by atoms with Crippen molar-refractivity contribution in [2.45, 2.75) is 51.9 Å². The van der Waals surface area contributed by atoms with Crippen LogP contribution in [0.5, 0.6) is 0 Å². The van der Waals surface area contributed by atoms with E-state index in [0.717, 1.165) is 23.0 Å². The summed E-state index contributed by atoms with van der Waals surface area (Å²) < 4.78 is 3.67. The van der Waals surface area contributed by atoms with Crippen LogP contribution in [-0.4, -0.2) is 57.6 Å². The molecule has 152 valence electrons. The maximum absolute atomic E-state index is 11.7. The van der Waals surface area contributed by atoms with Crippen LogP contribution in [0, 0.1) is 13.8 Å². The zero-order valence-corrected chi connectivity index (χ0v) is 16.8. The number of amides is 2. The van der Waals surface area contributed by atoms with Crippen LogP contribution in [0.15, 0.2) is 12.1 Å². The lowest BCUT2D eigenvalue weighted by Crippen LogP contribution is -2.40. The molecular formula is C18H28N8O2. The van der Waals surface area contributed by atoms with Crippen molar-refractivity contribution in [2.24, 2.45) is 11.5 Å². The summed E-state index contributed by atoms with van der Waals surface area (Å²) in [4.78, 5) is 26.5. The van der Waals surface area contributed by atoms with Gasteiger partial charge < -0.3 is 11.5 Å². The predicted octanol–water partition coefficient (Wildman–Crippen LogP) is -0.229. The van der Waals surface area contributed by atoms with E-state index in [4.69, 9.17) is 11.5 Å². The number of carbonyl (C=O) groups is 2. The Labute approximate surface area is 164 Å². The number of fused-ring (bicyclic) bond motifs is 2. The highest BCUT2D eigenvalue weighted by atomic mass is 16.2. The van der Waals surface area contributed by atoms with Crippen molar-refractivity contribution in [2.75, 3.05) is 23.9 Å². The molecule has 0 aromatic carbocycles. The molecule has 28 heavy (non-hydrogen) atoms. The molecule has 10 nitrogen and oxygen atoms in total. The average molecular weight is 388 g/mol. The van der Waals surface area contributed by atoms with Crippen LogP contribution < -0.4 is 21.3 Å². The van der Waals surface area contributed by atoms with Gasteiger partial charge in [0.2, 0.25) is 11.8 Å². The van der Waals surface area contributed by atoms with Gasteiger partial charge in [-0.2, -0.15) is 10.2 Å². The molecule has 2 aromatic rings. The number of aryl methyl sites for hydroxylation is 4. The second-order valence-corrected chi connectivity index (χ2v) is 7.32. The number of hydrogen-bond donors (Lipinski definition) is 2. The number of likely N-dealkylation sites (N-methyl/N-ethyl adjacent to an activating group) is 2. The molecule has 0 radical (unpaired) electrons. The normalized spacial score (nSPS) is 22.1. The van der Waals surface area contributed by atoms with Crippen molar-refractivity contribution in [3.8, 4) is 0 Å². The number of carbonyl (C=O) groups excluding carboxylic acids is 2. The molecule has 2 aliphatic rings. The van der Waals surface area contributed by atoms with Crippen LogP contribution in [0.3, 0.4) is 0 Å². The molecule has 0 unspecified atom stereocenters. The number of nitrogens with zero attached hydrogens (tertiary/aromatic N) is 6. The third-order valence-electron chi connectivity index (χ3n) is 5.05. The first-order chi connectivity index (χ1) is 13.2. The Morgan fingerprint density at radius 2 is 1.18 bits per heavy atom. The van der Waals surface area contributed by atoms with E-state index < -0.39 is 12.1 Å². The monoisotopic (exact) mass is 388 g/mol. The zero-order valence-electron chi connectivity index (χ0n) is 16.8. The molecule has 4 N–H and O–H groups in total. The second-order valence-electron chi connectivity index (χ2n) is 7.32. The molecule has 0 spiro atoms. The van der Waals surface area contributed by atoms with Crippen LogP contribution >= 0.6 is 0 Å². The molecule has 0 aliphatic carbocycles. The molecule has 0 saturated heterocycles. The van der Waals surface area contributed by atoms with Crippen LogP contribution in [-0.2, 0) is 22.7 Å². The van der Waals surface area contributed by atoms with Crippen LogP contribution in [0.2, 0.25) is 0 Å². The first kappa shape index (κ1) is 20.0. The quantitative estimate of drug-likeness (QED) is 0.642. The Hall–Kier alpha value is -2.72. The smallest absolute Gasteiger partial charge is 0.244 e. The lowest BCUT2D eigenvalue weighted by molar-refractivity contribution is -0.120. The summed E-state index contributed by atoms with van der Waals surface area (Å²) in [5.41, 5.74) is 13.3. The van der Waals surface area contributed by atoms with Gasteiger partial charge in [-0.15, -0.1) is 0 Å². The lowest BCUT2D eigenvalue weighted by Gasteiger charge is -2.16. The standard InChI is InChI=1S/2C9H14N4O/c2*1-6-5-8-12(2)9(14)7(10)3-4-13(8)11-6/h2*5,7H,3-4,10H2,1-2H3/t2*7-/m10/s1. The molecule has 0 fully saturated rings. The van der Waals surface area contributed by atoms with Gasteiger partial charge in [0, 0.05) is 39.3 Å². The van der Waals surface area contributed by atoms with Crippen molar-refractivity contribution >= 4 is 23.5 Å². The zero-order chi connectivity index (χ0) is 20.6. The molecule has 4 heterocycles. The summed E-state index contributed by atoms with van der Waals surface area (Å²) in [5.74, 6) is 1.59. The topological polar surface area (TPSA) is 128 Å². The Morgan fingerprint density at radius 3 is 1.54 bits per heavy atom. The summed E-state index contributed by atoms with van der Waals surface area (Å²) in [6, 6.07) is 3.00. The minimum absolute atomic E-state index is 0.0383. The third-order valence-corrected chi connectivity index (χ3v) is 5.05. The summed E-state index contributed by atoms with van der Waals surface area (Å²) in [7, 11) is 3.47. The predicted molar refractivity (Wildman–Crippen MR) is 106 cm³/mol. The van der Waals surface area contributed by atoms with E-state index in [2.05, 4.69) is 10.2 Å². The van der Waals surface area contributed by atoms with E-state index in [0.29, 0.717) is 25.9 Å². The molecule has 0 bridgehead atoms. The van der Waals surface area contributed by atoms with Crippen LogP contribution in [0.1, 0.15) is 24.2 Å². The molecule has 2 amide bonds. The van der Waals surface area contributed by atoms with Gasteiger partial charge in [0.25, 0.3) is 0 Å². The van der Waals surface area contributed by atoms with Crippen molar-refractivity contribution in [3.05, 3.63) is 23.5 Å². The fourth-order valence-corrected chi connectivity index (χ4v) is 3.43. The van der Waals surface area contributed by atoms with Gasteiger partial charge in [0.1, 0.15) is 11.6 Å². The largest absolute Gasteiger partial charge is 0.320 e. The fourth-order valence-electron chi connectivity index (χ4n) is 3.43. The van der Waals surface area contributed by atoms with Gasteiger partial charge in [-0.05, 0) is 26.7 Å². The van der Waals surface area contributed by atoms with E-state index in [-0.39, 0.29) is 11.8 Å². The number of anilines is 2. The Balaban J connectivity index is 0.000000161. The highest BCUT2D eigenvalue weighted by Gasteiger charge is 2.27. The van der Waals surface area contributed by atoms with Gasteiger partial charge >= 0.3 is 0 Å². The number of hydrogen-bond acceptors (Lipinski definition) is 6. The summed E-state index contributed by atoms with van der Waals surface area (Å²) >= 11 is 0. The van der Waals surface area contributed by atoms with Gasteiger partial charge in [-0.3, -0.25) is 19.4 Å². The van der Waals surface area contributed by atoms with Gasteiger partial charge in [-0.1, -0.05) is 0 Å². The minimum Gasteiger partial charge on any atom is -0.320 e. The summed E-state index contributed by atoms with van der Waals surface area (Å²) in [5, 5.41) is 8.60. The average Bonchev–Trinajstić information content (AvgIpc) is 3.18. The van der Waals surface area contributed by atoms with E-state index in [1.165, 1.54) is 0 Å². The summed E-state index contributed by atoms with van der Waals surface area (Å²) in [6.07, 6.45) is 1.30. The minimum atomic E-state index is -0.401. The SMILES string of the molecule is Cc1cc2n(n1)CC[C@@H](N)C(=O)N2C.Cc1cc2n(n1)CC[C@H](N)C(=O)N2C. The van der Waals surface area contributed by atoms with E-state index in [9.17, 15) is 9.59 Å². The van der Waals surface area contributed by atoms with Crippen LogP contribution in [0.25, 0.3) is 0 Å². The van der Waals surface area contributed by atoms with Crippen molar-refractivity contribution < 1.29 is 9.59 Å². The van der Waals surface area contributed by atoms with E-state index in [1.807, 2.05) is 35.3 Å². The Kier molecular flexibility index (Phi) is 5.52. The molecule has 2 aromatic heterocycles. The Morgan fingerprint density at radius 1 is 0.821 bits per heavy atom. The lowest BCUT2D eigenvalue weighted by atomic mass is 10.2. The van der Waals surface area contributed by atoms with Crippen molar-refractivity contribution in [1.29, 1.82) is 0 Å². The molecule has 0 saturated carbocycles. The number of nitrogens with two attached hydrogens (primary N) is 2. The first-order valence-electron chi connectivity index (χ1n) is 9.34. The van der Waals surface area contributed by atoms with E-state index >= 15 is 0 Å². The maximum Gasteiger partial charge on any atom is 0.244 e. The maximum atomic E-state index is 11.7.